The van der Waals surface area contributed by atoms with E-state index in [1.807, 2.05) is 0 Å². The lowest BCUT2D eigenvalue weighted by Gasteiger charge is -2.39. The first kappa shape index (κ1) is 16.9. The summed E-state index contributed by atoms with van der Waals surface area (Å²) in [5, 5.41) is 0. The van der Waals surface area contributed by atoms with Crippen LogP contribution in [0.15, 0.2) is 39.5 Å². The molecule has 1 fully saturated rings. The molecule has 1 aliphatic rings. The SMILES string of the molecule is COc1ccc(C(=O)N2CC(Oc3cc(C)oc(=O)c3)C2)cc1OC. The van der Waals surface area contributed by atoms with E-state index in [0.29, 0.717) is 41.7 Å². The molecule has 1 aromatic carbocycles. The molecule has 0 N–H and O–H groups in total. The standard InChI is InChI=1S/C18H19NO6/c1-11-6-13(8-17(20)24-11)25-14-9-19(10-14)18(21)12-4-5-15(22-2)16(7-12)23-3/h4-8,14H,9-10H2,1-3H3. The Bertz CT molecular complexity index is 838. The minimum atomic E-state index is -0.451. The van der Waals surface area contributed by atoms with Crippen LogP contribution < -0.4 is 19.8 Å². The summed E-state index contributed by atoms with van der Waals surface area (Å²) in [6, 6.07) is 8.00. The third kappa shape index (κ3) is 3.60. The number of ether oxygens (including phenoxy) is 3. The molecule has 1 aromatic heterocycles. The zero-order chi connectivity index (χ0) is 18.0. The fourth-order valence-electron chi connectivity index (χ4n) is 2.67. The molecule has 0 aliphatic carbocycles. The van der Waals surface area contributed by atoms with Crippen LogP contribution in [-0.2, 0) is 0 Å². The van der Waals surface area contributed by atoms with Crippen molar-refractivity contribution in [1.29, 1.82) is 0 Å². The molecule has 7 nitrogen and oxygen atoms in total. The van der Waals surface area contributed by atoms with E-state index in [0.717, 1.165) is 0 Å². The number of benzene rings is 1. The average molecular weight is 345 g/mol. The molecule has 0 spiro atoms. The largest absolute Gasteiger partial charge is 0.493 e. The third-order valence-electron chi connectivity index (χ3n) is 3.94. The number of hydrogen-bond acceptors (Lipinski definition) is 6. The Labute approximate surface area is 144 Å². The van der Waals surface area contributed by atoms with E-state index in [-0.39, 0.29) is 12.0 Å². The van der Waals surface area contributed by atoms with Crippen LogP contribution in [0.2, 0.25) is 0 Å². The molecular formula is C18H19NO6. The molecule has 1 amide bonds. The topological polar surface area (TPSA) is 78.2 Å². The smallest absolute Gasteiger partial charge is 0.339 e. The van der Waals surface area contributed by atoms with E-state index < -0.39 is 5.63 Å². The number of carbonyl (C=O) groups excluding carboxylic acids is 1. The van der Waals surface area contributed by atoms with Gasteiger partial charge in [-0.15, -0.1) is 0 Å². The van der Waals surface area contributed by atoms with E-state index in [4.69, 9.17) is 18.6 Å². The lowest BCUT2D eigenvalue weighted by atomic mass is 10.1. The normalized spacial score (nSPS) is 14.0. The summed E-state index contributed by atoms with van der Waals surface area (Å²) >= 11 is 0. The van der Waals surface area contributed by atoms with Gasteiger partial charge in [0.15, 0.2) is 11.5 Å². The molecule has 0 radical (unpaired) electrons. The maximum Gasteiger partial charge on any atom is 0.339 e. The number of amides is 1. The third-order valence-corrected chi connectivity index (χ3v) is 3.94. The van der Waals surface area contributed by atoms with Gasteiger partial charge in [0.05, 0.1) is 33.4 Å². The predicted molar refractivity (Wildman–Crippen MR) is 89.6 cm³/mol. The Morgan fingerprint density at radius 1 is 1.12 bits per heavy atom. The molecule has 0 bridgehead atoms. The van der Waals surface area contributed by atoms with Gasteiger partial charge >= 0.3 is 5.63 Å². The molecule has 1 aliphatic heterocycles. The van der Waals surface area contributed by atoms with E-state index in [9.17, 15) is 9.59 Å². The number of likely N-dealkylation sites (tertiary alicyclic amines) is 1. The molecular weight excluding hydrogens is 326 g/mol. The Hall–Kier alpha value is -2.96. The van der Waals surface area contributed by atoms with Crippen LogP contribution in [0.1, 0.15) is 16.1 Å². The first-order valence-electron chi connectivity index (χ1n) is 7.80. The second-order valence-electron chi connectivity index (χ2n) is 5.74. The molecule has 0 saturated carbocycles. The van der Waals surface area contributed by atoms with Gasteiger partial charge < -0.3 is 23.5 Å². The van der Waals surface area contributed by atoms with Crippen molar-refractivity contribution in [3.63, 3.8) is 0 Å². The van der Waals surface area contributed by atoms with Crippen molar-refractivity contribution in [2.24, 2.45) is 0 Å². The van der Waals surface area contributed by atoms with Gasteiger partial charge in [0, 0.05) is 11.6 Å². The Morgan fingerprint density at radius 3 is 2.48 bits per heavy atom. The van der Waals surface area contributed by atoms with Crippen LogP contribution in [0.4, 0.5) is 0 Å². The van der Waals surface area contributed by atoms with Gasteiger partial charge in [-0.25, -0.2) is 4.79 Å². The van der Waals surface area contributed by atoms with Crippen LogP contribution in [-0.4, -0.2) is 44.2 Å². The fraction of sp³-hybridized carbons (Fsp3) is 0.333. The molecule has 3 rings (SSSR count). The summed E-state index contributed by atoms with van der Waals surface area (Å²) in [6.45, 7) is 2.58. The summed E-state index contributed by atoms with van der Waals surface area (Å²) in [5.74, 6) is 1.91. The maximum absolute atomic E-state index is 12.5. The molecule has 2 aromatic rings. The minimum Gasteiger partial charge on any atom is -0.493 e. The number of rotatable bonds is 5. The predicted octanol–water partition coefficient (Wildman–Crippen LogP) is 1.87. The highest BCUT2D eigenvalue weighted by molar-refractivity contribution is 5.95. The number of aryl methyl sites for hydroxylation is 1. The Morgan fingerprint density at radius 2 is 1.84 bits per heavy atom. The van der Waals surface area contributed by atoms with Gasteiger partial charge in [-0.2, -0.15) is 0 Å². The molecule has 0 unspecified atom stereocenters. The molecule has 0 atom stereocenters. The van der Waals surface area contributed by atoms with Crippen LogP contribution in [0, 0.1) is 6.92 Å². The van der Waals surface area contributed by atoms with Gasteiger partial charge in [-0.1, -0.05) is 0 Å². The maximum atomic E-state index is 12.5. The first-order chi connectivity index (χ1) is 12.0. The average Bonchev–Trinajstić information content (AvgIpc) is 2.55. The number of carbonyl (C=O) groups is 1. The van der Waals surface area contributed by atoms with E-state index in [2.05, 4.69) is 0 Å². The molecule has 132 valence electrons. The second kappa shape index (κ2) is 6.88. The highest BCUT2D eigenvalue weighted by Crippen LogP contribution is 2.29. The van der Waals surface area contributed by atoms with Crippen molar-refractivity contribution in [2.45, 2.75) is 13.0 Å². The molecule has 25 heavy (non-hydrogen) atoms. The van der Waals surface area contributed by atoms with Crippen molar-refractivity contribution >= 4 is 5.91 Å². The van der Waals surface area contributed by atoms with Crippen molar-refractivity contribution in [2.75, 3.05) is 27.3 Å². The summed E-state index contributed by atoms with van der Waals surface area (Å²) in [5.41, 5.74) is 0.0693. The van der Waals surface area contributed by atoms with Gasteiger partial charge in [-0.05, 0) is 25.1 Å². The van der Waals surface area contributed by atoms with Crippen LogP contribution >= 0.6 is 0 Å². The summed E-state index contributed by atoms with van der Waals surface area (Å²) < 4.78 is 21.0. The number of hydrogen-bond donors (Lipinski definition) is 0. The molecule has 2 heterocycles. The zero-order valence-corrected chi connectivity index (χ0v) is 14.3. The zero-order valence-electron chi connectivity index (χ0n) is 14.3. The van der Waals surface area contributed by atoms with Crippen molar-refractivity contribution < 1.29 is 23.4 Å². The second-order valence-corrected chi connectivity index (χ2v) is 5.74. The summed E-state index contributed by atoms with van der Waals surface area (Å²) in [6.07, 6.45) is -0.148. The molecule has 1 saturated heterocycles. The molecule has 7 heteroatoms. The Kier molecular flexibility index (Phi) is 4.65. The van der Waals surface area contributed by atoms with Gasteiger partial charge in [0.2, 0.25) is 0 Å². The summed E-state index contributed by atoms with van der Waals surface area (Å²) in [4.78, 5) is 25.5. The lowest BCUT2D eigenvalue weighted by molar-refractivity contribution is 0.0174. The van der Waals surface area contributed by atoms with Crippen molar-refractivity contribution in [3.8, 4) is 17.2 Å². The van der Waals surface area contributed by atoms with Crippen molar-refractivity contribution in [3.05, 3.63) is 52.1 Å². The number of methoxy groups -OCH3 is 2. The number of nitrogens with zero attached hydrogens (tertiary/aromatic N) is 1. The van der Waals surface area contributed by atoms with Crippen LogP contribution in [0.25, 0.3) is 0 Å². The highest BCUT2D eigenvalue weighted by Gasteiger charge is 2.33. The Balaban J connectivity index is 1.62. The monoisotopic (exact) mass is 345 g/mol. The highest BCUT2D eigenvalue weighted by atomic mass is 16.5. The fourth-order valence-corrected chi connectivity index (χ4v) is 2.67. The lowest BCUT2D eigenvalue weighted by Crippen LogP contribution is -2.56. The first-order valence-corrected chi connectivity index (χ1v) is 7.80. The van der Waals surface area contributed by atoms with E-state index in [1.54, 1.807) is 43.2 Å². The van der Waals surface area contributed by atoms with E-state index >= 15 is 0 Å². The van der Waals surface area contributed by atoms with Gasteiger partial charge in [0.1, 0.15) is 17.6 Å². The quantitative estimate of drug-likeness (QED) is 0.823. The van der Waals surface area contributed by atoms with E-state index in [1.165, 1.54) is 13.2 Å². The van der Waals surface area contributed by atoms with Crippen molar-refractivity contribution in [1.82, 2.24) is 4.90 Å². The minimum absolute atomic E-state index is 0.107. The van der Waals surface area contributed by atoms with Gasteiger partial charge in [-0.3, -0.25) is 4.79 Å². The van der Waals surface area contributed by atoms with Crippen LogP contribution in [0.3, 0.4) is 0 Å². The van der Waals surface area contributed by atoms with Crippen LogP contribution in [0.5, 0.6) is 17.2 Å². The summed E-state index contributed by atoms with van der Waals surface area (Å²) in [7, 11) is 3.07. The van der Waals surface area contributed by atoms with Gasteiger partial charge in [0.25, 0.3) is 5.91 Å².